The largest absolute Gasteiger partial charge is 0.481 e. The molecule has 1 saturated carbocycles. The molecule has 8 heavy (non-hydrogen) atoms. The Morgan fingerprint density at radius 2 is 2.12 bits per heavy atom. The van der Waals surface area contributed by atoms with E-state index < -0.39 is 24.2 Å². The zero-order valence-corrected chi connectivity index (χ0v) is 3.90. The van der Waals surface area contributed by atoms with Crippen molar-refractivity contribution < 1.29 is 18.7 Å². The van der Waals surface area contributed by atoms with Gasteiger partial charge < -0.3 is 5.11 Å². The standard InChI is InChI=1S/C4H4F2O2/c5-4(6)1-2(4)3(7)8/h2H,1H2,(H,7,8)/t2-/m1/s1. The van der Waals surface area contributed by atoms with Crippen molar-refractivity contribution in [3.05, 3.63) is 0 Å². The van der Waals surface area contributed by atoms with Gasteiger partial charge in [-0.2, -0.15) is 0 Å². The summed E-state index contributed by atoms with van der Waals surface area (Å²) >= 11 is 0. The van der Waals surface area contributed by atoms with E-state index in [1.165, 1.54) is 0 Å². The minimum Gasteiger partial charge on any atom is -0.481 e. The molecule has 0 saturated heterocycles. The van der Waals surface area contributed by atoms with Gasteiger partial charge in [0, 0.05) is 6.42 Å². The molecule has 0 aliphatic heterocycles. The molecule has 0 spiro atoms. The highest BCUT2D eigenvalue weighted by Crippen LogP contribution is 2.48. The summed E-state index contributed by atoms with van der Waals surface area (Å²) in [5, 5.41) is 7.91. The van der Waals surface area contributed by atoms with Crippen LogP contribution in [0.1, 0.15) is 6.42 Å². The highest BCUT2D eigenvalue weighted by molar-refractivity contribution is 5.74. The number of rotatable bonds is 1. The SMILES string of the molecule is O=C(O)[C@H]1CC1(F)F. The number of aliphatic carboxylic acids is 1. The normalized spacial score (nSPS) is 32.0. The first-order valence-electron chi connectivity index (χ1n) is 2.14. The number of carboxylic acid groups (broad SMARTS) is 1. The van der Waals surface area contributed by atoms with Gasteiger partial charge in [0.1, 0.15) is 5.92 Å². The molecule has 46 valence electrons. The predicted molar refractivity (Wildman–Crippen MR) is 20.7 cm³/mol. The van der Waals surface area contributed by atoms with Crippen molar-refractivity contribution in [3.63, 3.8) is 0 Å². The van der Waals surface area contributed by atoms with Crippen molar-refractivity contribution in [1.82, 2.24) is 0 Å². The third kappa shape index (κ3) is 0.657. The van der Waals surface area contributed by atoms with Gasteiger partial charge in [-0.25, -0.2) is 8.78 Å². The zero-order valence-electron chi connectivity index (χ0n) is 3.90. The molecule has 1 aliphatic carbocycles. The average Bonchev–Trinajstić information content (AvgIpc) is 2.13. The van der Waals surface area contributed by atoms with Gasteiger partial charge in [0.2, 0.25) is 0 Å². The van der Waals surface area contributed by atoms with Crippen molar-refractivity contribution in [2.75, 3.05) is 0 Å². The maximum absolute atomic E-state index is 11.7. The van der Waals surface area contributed by atoms with Crippen LogP contribution in [0.15, 0.2) is 0 Å². The van der Waals surface area contributed by atoms with E-state index in [1.807, 2.05) is 0 Å². The summed E-state index contributed by atoms with van der Waals surface area (Å²) in [6, 6.07) is 0. The van der Waals surface area contributed by atoms with Gasteiger partial charge in [0.25, 0.3) is 5.92 Å². The lowest BCUT2D eigenvalue weighted by atomic mass is 10.4. The number of hydrogen-bond acceptors (Lipinski definition) is 1. The van der Waals surface area contributed by atoms with Crippen molar-refractivity contribution >= 4 is 5.97 Å². The Bertz CT molecular complexity index is 132. The number of hydrogen-bond donors (Lipinski definition) is 1. The number of carbonyl (C=O) groups is 1. The molecule has 0 aromatic heterocycles. The van der Waals surface area contributed by atoms with Gasteiger partial charge in [0.15, 0.2) is 0 Å². The van der Waals surface area contributed by atoms with Gasteiger partial charge in [-0.1, -0.05) is 0 Å². The second kappa shape index (κ2) is 1.18. The van der Waals surface area contributed by atoms with E-state index in [1.54, 1.807) is 0 Å². The molecule has 0 heterocycles. The number of carboxylic acids is 1. The van der Waals surface area contributed by atoms with Crippen LogP contribution in [0.5, 0.6) is 0 Å². The summed E-state index contributed by atoms with van der Waals surface area (Å²) in [5.41, 5.74) is 0. The molecule has 1 atom stereocenters. The molecule has 0 radical (unpaired) electrons. The number of alkyl halides is 2. The molecule has 2 nitrogen and oxygen atoms in total. The van der Waals surface area contributed by atoms with Crippen LogP contribution in [0, 0.1) is 5.92 Å². The lowest BCUT2D eigenvalue weighted by molar-refractivity contribution is -0.140. The third-order valence-corrected chi connectivity index (χ3v) is 1.12. The molecule has 0 aromatic carbocycles. The van der Waals surface area contributed by atoms with Crippen LogP contribution in [-0.2, 0) is 4.79 Å². The van der Waals surface area contributed by atoms with Crippen LogP contribution in [0.25, 0.3) is 0 Å². The van der Waals surface area contributed by atoms with E-state index in [9.17, 15) is 13.6 Å². The Morgan fingerprint density at radius 1 is 1.75 bits per heavy atom. The second-order valence-corrected chi connectivity index (χ2v) is 1.86. The Morgan fingerprint density at radius 3 is 2.12 bits per heavy atom. The molecule has 0 aromatic rings. The minimum absolute atomic E-state index is 0.484. The summed E-state index contributed by atoms with van der Waals surface area (Å²) in [5.74, 6) is -5.70. The molecule has 4 heteroatoms. The topological polar surface area (TPSA) is 37.3 Å². The summed E-state index contributed by atoms with van der Waals surface area (Å²) in [6.45, 7) is 0. The van der Waals surface area contributed by atoms with E-state index in [-0.39, 0.29) is 0 Å². The molecule has 1 rings (SSSR count). The molecular weight excluding hydrogens is 118 g/mol. The smallest absolute Gasteiger partial charge is 0.312 e. The maximum atomic E-state index is 11.7. The van der Waals surface area contributed by atoms with Crippen molar-refractivity contribution in [2.45, 2.75) is 12.3 Å². The highest BCUT2D eigenvalue weighted by Gasteiger charge is 2.61. The van der Waals surface area contributed by atoms with Crippen LogP contribution in [0.3, 0.4) is 0 Å². The van der Waals surface area contributed by atoms with Crippen molar-refractivity contribution in [2.24, 2.45) is 5.92 Å². The molecule has 0 bridgehead atoms. The van der Waals surface area contributed by atoms with Crippen molar-refractivity contribution in [1.29, 1.82) is 0 Å². The highest BCUT2D eigenvalue weighted by atomic mass is 19.3. The zero-order chi connectivity index (χ0) is 6.36. The first-order chi connectivity index (χ1) is 3.54. The van der Waals surface area contributed by atoms with Crippen LogP contribution in [0.4, 0.5) is 8.78 Å². The van der Waals surface area contributed by atoms with Crippen LogP contribution in [0.2, 0.25) is 0 Å². The Balaban J connectivity index is 2.48. The van der Waals surface area contributed by atoms with Crippen molar-refractivity contribution in [3.8, 4) is 0 Å². The van der Waals surface area contributed by atoms with E-state index in [4.69, 9.17) is 5.11 Å². The molecule has 1 fully saturated rings. The third-order valence-electron chi connectivity index (χ3n) is 1.12. The fraction of sp³-hybridized carbons (Fsp3) is 0.750. The van der Waals surface area contributed by atoms with Gasteiger partial charge in [-0.05, 0) is 0 Å². The fourth-order valence-electron chi connectivity index (χ4n) is 0.481. The predicted octanol–water partition coefficient (Wildman–Crippen LogP) is 0.726. The Labute approximate surface area is 44.1 Å². The first-order valence-corrected chi connectivity index (χ1v) is 2.14. The van der Waals surface area contributed by atoms with Crippen LogP contribution < -0.4 is 0 Å². The summed E-state index contributed by atoms with van der Waals surface area (Å²) in [6.07, 6.45) is -0.484. The Hall–Kier alpha value is -0.670. The maximum Gasteiger partial charge on any atom is 0.312 e. The lowest BCUT2D eigenvalue weighted by Crippen LogP contribution is -2.04. The second-order valence-electron chi connectivity index (χ2n) is 1.86. The van der Waals surface area contributed by atoms with Gasteiger partial charge in [0.05, 0.1) is 0 Å². The van der Waals surface area contributed by atoms with E-state index in [0.717, 1.165) is 0 Å². The summed E-state index contributed by atoms with van der Waals surface area (Å²) in [7, 11) is 0. The summed E-state index contributed by atoms with van der Waals surface area (Å²) in [4.78, 5) is 9.70. The average molecular weight is 122 g/mol. The molecule has 0 amide bonds. The fourth-order valence-corrected chi connectivity index (χ4v) is 0.481. The molecule has 0 unspecified atom stereocenters. The van der Waals surface area contributed by atoms with Gasteiger partial charge in [-0.3, -0.25) is 4.79 Å². The molecule has 1 aliphatic rings. The minimum atomic E-state index is -2.91. The lowest BCUT2D eigenvalue weighted by Gasteiger charge is -1.86. The quantitative estimate of drug-likeness (QED) is 0.556. The first kappa shape index (κ1) is 5.47. The summed E-state index contributed by atoms with van der Waals surface area (Å²) < 4.78 is 23.3. The van der Waals surface area contributed by atoms with Crippen LogP contribution >= 0.6 is 0 Å². The monoisotopic (exact) mass is 122 g/mol. The molecule has 1 N–H and O–H groups in total. The number of halogens is 2. The van der Waals surface area contributed by atoms with E-state index >= 15 is 0 Å². The molecular formula is C4H4F2O2. The Kier molecular flexibility index (Phi) is 0.808. The van der Waals surface area contributed by atoms with E-state index in [2.05, 4.69) is 0 Å². The van der Waals surface area contributed by atoms with Gasteiger partial charge >= 0.3 is 5.97 Å². The van der Waals surface area contributed by atoms with E-state index in [0.29, 0.717) is 0 Å². The van der Waals surface area contributed by atoms with Crippen LogP contribution in [-0.4, -0.2) is 17.0 Å². The van der Waals surface area contributed by atoms with Gasteiger partial charge in [-0.15, -0.1) is 0 Å².